The first-order valence-corrected chi connectivity index (χ1v) is 7.28. The van der Waals surface area contributed by atoms with E-state index in [1.165, 1.54) is 0 Å². The first-order chi connectivity index (χ1) is 10.2. The van der Waals surface area contributed by atoms with Gasteiger partial charge in [-0.2, -0.15) is 5.10 Å². The van der Waals surface area contributed by atoms with E-state index >= 15 is 0 Å². The van der Waals surface area contributed by atoms with Gasteiger partial charge in [0.2, 0.25) is 0 Å². The Balaban J connectivity index is 1.73. The quantitative estimate of drug-likeness (QED) is 0.931. The van der Waals surface area contributed by atoms with Crippen LogP contribution in [0.5, 0.6) is 0 Å². The summed E-state index contributed by atoms with van der Waals surface area (Å²) < 4.78 is 1.81. The Kier molecular flexibility index (Phi) is 3.75. The van der Waals surface area contributed by atoms with E-state index in [9.17, 15) is 4.79 Å². The van der Waals surface area contributed by atoms with Crippen molar-refractivity contribution in [3.8, 4) is 5.69 Å². The molecule has 5 heteroatoms. The molecule has 0 aliphatic carbocycles. The van der Waals surface area contributed by atoms with Crippen molar-refractivity contribution in [2.45, 2.75) is 13.3 Å². The summed E-state index contributed by atoms with van der Waals surface area (Å²) in [6, 6.07) is 7.58. The zero-order valence-corrected chi connectivity index (χ0v) is 12.2. The van der Waals surface area contributed by atoms with Gasteiger partial charge in [-0.3, -0.25) is 4.79 Å². The highest BCUT2D eigenvalue weighted by atomic mass is 16.2. The van der Waals surface area contributed by atoms with Gasteiger partial charge in [0.25, 0.3) is 5.91 Å². The summed E-state index contributed by atoms with van der Waals surface area (Å²) in [6.45, 7) is 4.24. The third-order valence-electron chi connectivity index (χ3n) is 4.00. The van der Waals surface area contributed by atoms with Gasteiger partial charge in [0.15, 0.2) is 0 Å². The molecule has 1 aromatic heterocycles. The molecule has 0 bridgehead atoms. The fraction of sp³-hybridized carbons (Fsp3) is 0.375. The molecule has 5 nitrogen and oxygen atoms in total. The molecule has 3 rings (SSSR count). The minimum atomic E-state index is 0.0918. The number of aryl methyl sites for hydroxylation is 1. The molecule has 2 N–H and O–H groups in total. The van der Waals surface area contributed by atoms with E-state index in [0.29, 0.717) is 12.5 Å². The Morgan fingerprint density at radius 2 is 2.14 bits per heavy atom. The molecule has 21 heavy (non-hydrogen) atoms. The molecule has 110 valence electrons. The number of hydrogen-bond donors (Lipinski definition) is 1. The van der Waals surface area contributed by atoms with Gasteiger partial charge in [-0.15, -0.1) is 0 Å². The van der Waals surface area contributed by atoms with E-state index in [0.717, 1.165) is 36.3 Å². The number of nitrogens with two attached hydrogens (primary N) is 1. The maximum absolute atomic E-state index is 12.4. The number of carbonyl (C=O) groups is 1. The maximum Gasteiger partial charge on any atom is 0.253 e. The molecule has 0 unspecified atom stereocenters. The number of benzene rings is 1. The molecule has 1 aliphatic heterocycles. The largest absolute Gasteiger partial charge is 0.338 e. The Morgan fingerprint density at radius 1 is 1.38 bits per heavy atom. The number of likely N-dealkylation sites (tertiary alicyclic amines) is 1. The molecule has 0 saturated carbocycles. The van der Waals surface area contributed by atoms with E-state index in [-0.39, 0.29) is 5.91 Å². The van der Waals surface area contributed by atoms with Crippen molar-refractivity contribution in [3.63, 3.8) is 0 Å². The van der Waals surface area contributed by atoms with Gasteiger partial charge in [-0.25, -0.2) is 4.68 Å². The van der Waals surface area contributed by atoms with Crippen molar-refractivity contribution >= 4 is 5.91 Å². The van der Waals surface area contributed by atoms with Crippen molar-refractivity contribution in [2.75, 3.05) is 19.6 Å². The molecular weight excluding hydrogens is 264 g/mol. The average Bonchev–Trinajstić information content (AvgIpc) is 3.15. The van der Waals surface area contributed by atoms with E-state index in [4.69, 9.17) is 5.73 Å². The summed E-state index contributed by atoms with van der Waals surface area (Å²) in [6.07, 6.45) is 4.78. The van der Waals surface area contributed by atoms with Crippen molar-refractivity contribution < 1.29 is 4.79 Å². The summed E-state index contributed by atoms with van der Waals surface area (Å²) in [5.74, 6) is 0.536. The van der Waals surface area contributed by atoms with E-state index in [1.807, 2.05) is 53.2 Å². The van der Waals surface area contributed by atoms with E-state index in [2.05, 4.69) is 5.10 Å². The van der Waals surface area contributed by atoms with Gasteiger partial charge in [0, 0.05) is 24.8 Å². The third kappa shape index (κ3) is 2.83. The molecule has 2 aromatic rings. The number of nitrogens with zero attached hydrogens (tertiary/aromatic N) is 3. The SMILES string of the molecule is Cc1cnn(-c2ccc(C(=O)N3CC[C@H](CN)C3)cc2)c1. The second-order valence-corrected chi connectivity index (χ2v) is 5.65. The van der Waals surface area contributed by atoms with Crippen molar-refractivity contribution in [1.29, 1.82) is 0 Å². The Hall–Kier alpha value is -2.14. The lowest BCUT2D eigenvalue weighted by atomic mass is 10.1. The van der Waals surface area contributed by atoms with Crippen molar-refractivity contribution in [1.82, 2.24) is 14.7 Å². The van der Waals surface area contributed by atoms with Crippen LogP contribution >= 0.6 is 0 Å². The van der Waals surface area contributed by atoms with Crippen LogP contribution < -0.4 is 5.73 Å². The van der Waals surface area contributed by atoms with Crippen LogP contribution in [0.25, 0.3) is 5.69 Å². The molecule has 0 spiro atoms. The zero-order valence-electron chi connectivity index (χ0n) is 12.2. The van der Waals surface area contributed by atoms with Crippen LogP contribution in [0.3, 0.4) is 0 Å². The normalized spacial score (nSPS) is 18.2. The fourth-order valence-electron chi connectivity index (χ4n) is 2.70. The second-order valence-electron chi connectivity index (χ2n) is 5.65. The number of hydrogen-bond acceptors (Lipinski definition) is 3. The predicted molar refractivity (Wildman–Crippen MR) is 81.4 cm³/mol. The topological polar surface area (TPSA) is 64.2 Å². The number of amides is 1. The number of aromatic nitrogens is 2. The lowest BCUT2D eigenvalue weighted by Gasteiger charge is -2.16. The van der Waals surface area contributed by atoms with Crippen LogP contribution in [0.1, 0.15) is 22.3 Å². The van der Waals surface area contributed by atoms with Gasteiger partial charge >= 0.3 is 0 Å². The smallest absolute Gasteiger partial charge is 0.253 e. The van der Waals surface area contributed by atoms with Crippen molar-refractivity contribution in [3.05, 3.63) is 47.8 Å². The summed E-state index contributed by atoms with van der Waals surface area (Å²) >= 11 is 0. The fourth-order valence-corrected chi connectivity index (χ4v) is 2.70. The van der Waals surface area contributed by atoms with E-state index in [1.54, 1.807) is 0 Å². The lowest BCUT2D eigenvalue weighted by Crippen LogP contribution is -2.29. The lowest BCUT2D eigenvalue weighted by molar-refractivity contribution is 0.0787. The zero-order chi connectivity index (χ0) is 14.8. The molecule has 2 heterocycles. The molecule has 1 saturated heterocycles. The Morgan fingerprint density at radius 3 is 2.71 bits per heavy atom. The molecule has 1 amide bonds. The first kappa shape index (κ1) is 13.8. The highest BCUT2D eigenvalue weighted by molar-refractivity contribution is 5.94. The van der Waals surface area contributed by atoms with Crippen molar-refractivity contribution in [2.24, 2.45) is 11.7 Å². The Bertz CT molecular complexity index is 632. The second kappa shape index (κ2) is 5.69. The van der Waals surface area contributed by atoms with Crippen LogP contribution in [0.2, 0.25) is 0 Å². The van der Waals surface area contributed by atoms with E-state index < -0.39 is 0 Å². The van der Waals surface area contributed by atoms with Gasteiger partial charge in [-0.05, 0) is 55.6 Å². The van der Waals surface area contributed by atoms with Crippen LogP contribution in [0, 0.1) is 12.8 Å². The summed E-state index contributed by atoms with van der Waals surface area (Å²) in [5.41, 5.74) is 8.47. The molecule has 1 atom stereocenters. The Labute approximate surface area is 124 Å². The van der Waals surface area contributed by atoms with Gasteiger partial charge < -0.3 is 10.6 Å². The molecule has 1 aromatic carbocycles. The summed E-state index contributed by atoms with van der Waals surface area (Å²) in [4.78, 5) is 14.3. The average molecular weight is 284 g/mol. The molecule has 1 fully saturated rings. The first-order valence-electron chi connectivity index (χ1n) is 7.28. The molecule has 1 aliphatic rings. The van der Waals surface area contributed by atoms with Gasteiger partial charge in [0.1, 0.15) is 0 Å². The van der Waals surface area contributed by atoms with Crippen LogP contribution in [0.15, 0.2) is 36.7 Å². The monoisotopic (exact) mass is 284 g/mol. The minimum Gasteiger partial charge on any atom is -0.338 e. The van der Waals surface area contributed by atoms with Crippen LogP contribution in [0.4, 0.5) is 0 Å². The maximum atomic E-state index is 12.4. The van der Waals surface area contributed by atoms with Crippen LogP contribution in [-0.4, -0.2) is 40.2 Å². The van der Waals surface area contributed by atoms with Gasteiger partial charge in [-0.1, -0.05) is 0 Å². The minimum absolute atomic E-state index is 0.0918. The molecular formula is C16H20N4O. The standard InChI is InChI=1S/C16H20N4O/c1-12-9-18-20(10-12)15-4-2-14(3-5-15)16(21)19-7-6-13(8-17)11-19/h2-5,9-10,13H,6-8,11,17H2,1H3/t13-/m1/s1. The van der Waals surface area contributed by atoms with Gasteiger partial charge in [0.05, 0.1) is 11.9 Å². The highest BCUT2D eigenvalue weighted by Crippen LogP contribution is 2.18. The van der Waals surface area contributed by atoms with Crippen LogP contribution in [-0.2, 0) is 0 Å². The summed E-state index contributed by atoms with van der Waals surface area (Å²) in [5, 5.41) is 4.27. The molecule has 0 radical (unpaired) electrons. The number of carbonyl (C=O) groups excluding carboxylic acids is 1. The predicted octanol–water partition coefficient (Wildman–Crippen LogP) is 1.60. The highest BCUT2D eigenvalue weighted by Gasteiger charge is 2.25. The summed E-state index contributed by atoms with van der Waals surface area (Å²) in [7, 11) is 0. The number of rotatable bonds is 3. The third-order valence-corrected chi connectivity index (χ3v) is 4.00.